The molecule has 0 aliphatic heterocycles. The molecule has 9 heteroatoms. The van der Waals surface area contributed by atoms with Gasteiger partial charge in [0, 0.05) is 11.6 Å². The van der Waals surface area contributed by atoms with Crippen LogP contribution in [0.25, 0.3) is 0 Å². The zero-order valence-corrected chi connectivity index (χ0v) is 14.2. The number of hydrogen-bond donors (Lipinski definition) is 3. The molecule has 0 aliphatic carbocycles. The Morgan fingerprint density at radius 1 is 1.43 bits per heavy atom. The summed E-state index contributed by atoms with van der Waals surface area (Å²) in [6, 6.07) is 5.11. The molecule has 7 nitrogen and oxygen atoms in total. The zero-order chi connectivity index (χ0) is 17.0. The number of primary amides is 1. The van der Waals surface area contributed by atoms with E-state index in [1.807, 2.05) is 6.92 Å². The number of methoxy groups -OCH3 is 1. The number of hydrogen-bond acceptors (Lipinski definition) is 4. The lowest BCUT2D eigenvalue weighted by Gasteiger charge is -2.13. The summed E-state index contributed by atoms with van der Waals surface area (Å²) in [5.41, 5.74) is 6.67. The van der Waals surface area contributed by atoms with Crippen LogP contribution in [0.3, 0.4) is 0 Å². The molecule has 1 heterocycles. The average molecular weight is 354 g/mol. The van der Waals surface area contributed by atoms with Gasteiger partial charge in [0.05, 0.1) is 24.7 Å². The van der Waals surface area contributed by atoms with Gasteiger partial charge in [-0.25, -0.2) is 0 Å². The van der Waals surface area contributed by atoms with Gasteiger partial charge >= 0.3 is 0 Å². The molecular weight excluding hydrogens is 338 g/mol. The van der Waals surface area contributed by atoms with E-state index in [9.17, 15) is 4.79 Å². The molecule has 0 spiro atoms. The van der Waals surface area contributed by atoms with Crippen LogP contribution in [0.1, 0.15) is 17.4 Å². The van der Waals surface area contributed by atoms with Crippen molar-refractivity contribution < 1.29 is 9.53 Å². The molecule has 1 aromatic carbocycles. The first-order valence-electron chi connectivity index (χ1n) is 6.73. The summed E-state index contributed by atoms with van der Waals surface area (Å²) in [4.78, 5) is 11.6. The van der Waals surface area contributed by atoms with Gasteiger partial charge in [-0.3, -0.25) is 9.48 Å². The average Bonchev–Trinajstić information content (AvgIpc) is 2.90. The minimum Gasteiger partial charge on any atom is -0.495 e. The molecule has 0 fully saturated rings. The maximum absolute atomic E-state index is 11.6. The third-order valence-corrected chi connectivity index (χ3v) is 3.47. The summed E-state index contributed by atoms with van der Waals surface area (Å²) >= 11 is 11.2. The summed E-state index contributed by atoms with van der Waals surface area (Å²) in [5, 5.41) is 10.7. The number of carbonyl (C=O) groups excluding carboxylic acids is 1. The van der Waals surface area contributed by atoms with E-state index in [1.165, 1.54) is 10.9 Å². The van der Waals surface area contributed by atoms with Crippen LogP contribution < -0.4 is 21.1 Å². The number of nitrogens with two attached hydrogens (primary N) is 1. The number of halogens is 1. The maximum atomic E-state index is 11.6. The zero-order valence-electron chi connectivity index (χ0n) is 12.6. The predicted molar refractivity (Wildman–Crippen MR) is 94.3 cm³/mol. The second-order valence-electron chi connectivity index (χ2n) is 4.51. The first-order valence-corrected chi connectivity index (χ1v) is 7.52. The van der Waals surface area contributed by atoms with E-state index in [4.69, 9.17) is 34.3 Å². The van der Waals surface area contributed by atoms with Crippen molar-refractivity contribution in [3.8, 4) is 5.75 Å². The smallest absolute Gasteiger partial charge is 0.269 e. The molecule has 0 saturated carbocycles. The summed E-state index contributed by atoms with van der Waals surface area (Å²) < 4.78 is 6.73. The molecule has 0 unspecified atom stereocenters. The lowest BCUT2D eigenvalue weighted by molar-refractivity contribution is 0.0991. The molecule has 4 N–H and O–H groups in total. The minimum absolute atomic E-state index is 0.253. The highest BCUT2D eigenvalue weighted by Gasteiger charge is 2.16. The maximum Gasteiger partial charge on any atom is 0.269 e. The molecule has 0 atom stereocenters. The molecule has 0 radical (unpaired) electrons. The Balaban J connectivity index is 2.19. The molecule has 1 aromatic heterocycles. The number of rotatable bonds is 5. The molecular formula is C14H16ClN5O2S. The van der Waals surface area contributed by atoms with Crippen molar-refractivity contribution in [2.45, 2.75) is 13.5 Å². The van der Waals surface area contributed by atoms with Crippen molar-refractivity contribution in [1.29, 1.82) is 0 Å². The molecule has 0 aliphatic rings. The lowest BCUT2D eigenvalue weighted by atomic mass is 10.3. The van der Waals surface area contributed by atoms with Crippen molar-refractivity contribution >= 4 is 46.2 Å². The third kappa shape index (κ3) is 3.91. The summed E-state index contributed by atoms with van der Waals surface area (Å²) in [6.07, 6.45) is 1.49. The van der Waals surface area contributed by atoms with E-state index in [-0.39, 0.29) is 10.8 Å². The Bertz CT molecular complexity index is 747. The standard InChI is InChI=1S/C14H16ClN5O2S/c1-3-20-12(13(16)21)10(7-17-20)19-14(23)18-9-6-8(15)4-5-11(9)22-2/h4-7H,3H2,1-2H3,(H2,16,21)(H2,18,19,23). The fourth-order valence-corrected chi connectivity index (χ4v) is 2.42. The number of thiocarbonyl (C=S) groups is 1. The Morgan fingerprint density at radius 3 is 2.74 bits per heavy atom. The highest BCUT2D eigenvalue weighted by Crippen LogP contribution is 2.28. The first-order chi connectivity index (χ1) is 11.0. The van der Waals surface area contributed by atoms with Gasteiger partial charge in [0.25, 0.3) is 5.91 Å². The van der Waals surface area contributed by atoms with Gasteiger partial charge in [-0.15, -0.1) is 0 Å². The van der Waals surface area contributed by atoms with E-state index in [0.717, 1.165) is 0 Å². The quantitative estimate of drug-likeness (QED) is 0.715. The van der Waals surface area contributed by atoms with Crippen LogP contribution in [0.4, 0.5) is 11.4 Å². The Labute approximate surface area is 143 Å². The third-order valence-electron chi connectivity index (χ3n) is 3.03. The summed E-state index contributed by atoms with van der Waals surface area (Å²) in [7, 11) is 1.54. The Kier molecular flexibility index (Phi) is 5.41. The van der Waals surface area contributed by atoms with E-state index >= 15 is 0 Å². The van der Waals surface area contributed by atoms with Crippen LogP contribution in [0.5, 0.6) is 5.75 Å². The van der Waals surface area contributed by atoms with E-state index in [1.54, 1.807) is 25.3 Å². The SMILES string of the molecule is CCn1ncc(NC(=S)Nc2cc(Cl)ccc2OC)c1C(N)=O. The van der Waals surface area contributed by atoms with Crippen molar-refractivity contribution in [1.82, 2.24) is 9.78 Å². The fourth-order valence-electron chi connectivity index (χ4n) is 2.03. The molecule has 0 bridgehead atoms. The number of nitrogens with zero attached hydrogens (tertiary/aromatic N) is 2. The van der Waals surface area contributed by atoms with Gasteiger partial charge in [-0.05, 0) is 37.3 Å². The number of amides is 1. The van der Waals surface area contributed by atoms with Crippen molar-refractivity contribution in [3.63, 3.8) is 0 Å². The minimum atomic E-state index is -0.588. The van der Waals surface area contributed by atoms with Gasteiger partial charge in [0.1, 0.15) is 11.4 Å². The fraction of sp³-hybridized carbons (Fsp3) is 0.214. The Hall–Kier alpha value is -2.32. The number of anilines is 2. The first kappa shape index (κ1) is 17.0. The van der Waals surface area contributed by atoms with Gasteiger partial charge < -0.3 is 21.1 Å². The van der Waals surface area contributed by atoms with Crippen LogP contribution in [-0.2, 0) is 6.54 Å². The van der Waals surface area contributed by atoms with Crippen LogP contribution in [-0.4, -0.2) is 27.9 Å². The van der Waals surface area contributed by atoms with Crippen LogP contribution in [0.2, 0.25) is 5.02 Å². The van der Waals surface area contributed by atoms with Gasteiger partial charge in [0.2, 0.25) is 0 Å². The van der Waals surface area contributed by atoms with Gasteiger partial charge in [-0.1, -0.05) is 11.6 Å². The van der Waals surface area contributed by atoms with Gasteiger partial charge in [0.15, 0.2) is 5.11 Å². The largest absolute Gasteiger partial charge is 0.495 e. The molecule has 2 aromatic rings. The molecule has 2 rings (SSSR count). The topological polar surface area (TPSA) is 94.2 Å². The molecule has 23 heavy (non-hydrogen) atoms. The molecule has 1 amide bonds. The number of carbonyl (C=O) groups is 1. The van der Waals surface area contributed by atoms with Crippen LogP contribution in [0, 0.1) is 0 Å². The number of nitrogens with one attached hydrogen (secondary N) is 2. The van der Waals surface area contributed by atoms with E-state index in [0.29, 0.717) is 28.7 Å². The lowest BCUT2D eigenvalue weighted by Crippen LogP contribution is -2.23. The number of aromatic nitrogens is 2. The number of aryl methyl sites for hydroxylation is 1. The van der Waals surface area contributed by atoms with Crippen molar-refractivity contribution in [3.05, 3.63) is 35.1 Å². The Morgan fingerprint density at radius 2 is 2.13 bits per heavy atom. The second kappa shape index (κ2) is 7.30. The summed E-state index contributed by atoms with van der Waals surface area (Å²) in [6.45, 7) is 2.37. The van der Waals surface area contributed by atoms with E-state index < -0.39 is 5.91 Å². The van der Waals surface area contributed by atoms with Crippen LogP contribution in [0.15, 0.2) is 24.4 Å². The molecule has 122 valence electrons. The summed E-state index contributed by atoms with van der Waals surface area (Å²) in [5.74, 6) is -0.00656. The monoisotopic (exact) mass is 353 g/mol. The number of ether oxygens (including phenoxy) is 1. The predicted octanol–water partition coefficient (Wildman–Crippen LogP) is 2.47. The highest BCUT2D eigenvalue weighted by molar-refractivity contribution is 7.80. The van der Waals surface area contributed by atoms with Gasteiger partial charge in [-0.2, -0.15) is 5.10 Å². The van der Waals surface area contributed by atoms with Crippen LogP contribution >= 0.6 is 23.8 Å². The number of benzene rings is 1. The normalized spacial score (nSPS) is 10.2. The van der Waals surface area contributed by atoms with E-state index in [2.05, 4.69) is 15.7 Å². The second-order valence-corrected chi connectivity index (χ2v) is 5.36. The highest BCUT2D eigenvalue weighted by atomic mass is 35.5. The molecule has 0 saturated heterocycles. The van der Waals surface area contributed by atoms with Crippen molar-refractivity contribution in [2.24, 2.45) is 5.73 Å². The van der Waals surface area contributed by atoms with Crippen molar-refractivity contribution in [2.75, 3.05) is 17.7 Å².